The van der Waals surface area contributed by atoms with Crippen LogP contribution in [0.2, 0.25) is 0 Å². The Bertz CT molecular complexity index is 513. The van der Waals surface area contributed by atoms with E-state index in [0.717, 1.165) is 12.2 Å². The van der Waals surface area contributed by atoms with Gasteiger partial charge in [-0.25, -0.2) is 4.98 Å². The molecule has 2 rings (SSSR count). The third-order valence-corrected chi connectivity index (χ3v) is 3.73. The van der Waals surface area contributed by atoms with E-state index in [4.69, 9.17) is 0 Å². The van der Waals surface area contributed by atoms with E-state index in [1.165, 1.54) is 11.1 Å². The van der Waals surface area contributed by atoms with E-state index in [2.05, 4.69) is 66.1 Å². The molecule has 3 heteroatoms. The summed E-state index contributed by atoms with van der Waals surface area (Å²) >= 11 is 0. The number of benzene rings is 1. The van der Waals surface area contributed by atoms with E-state index in [0.29, 0.717) is 12.1 Å². The molecule has 0 amide bonds. The molecule has 0 spiro atoms. The first-order chi connectivity index (χ1) is 9.17. The Hall–Kier alpha value is -1.61. The molecule has 1 aromatic heterocycles. The van der Waals surface area contributed by atoms with Gasteiger partial charge in [0, 0.05) is 18.8 Å². The van der Waals surface area contributed by atoms with Crippen molar-refractivity contribution < 1.29 is 0 Å². The predicted molar refractivity (Wildman–Crippen MR) is 79.3 cm³/mol. The summed E-state index contributed by atoms with van der Waals surface area (Å²) in [5.74, 6) is 1.14. The van der Waals surface area contributed by atoms with Crippen LogP contribution in [0.4, 0.5) is 0 Å². The minimum absolute atomic E-state index is 0.292. The molecule has 0 aliphatic heterocycles. The van der Waals surface area contributed by atoms with E-state index >= 15 is 0 Å². The van der Waals surface area contributed by atoms with Gasteiger partial charge in [-0.3, -0.25) is 0 Å². The molecule has 0 saturated heterocycles. The van der Waals surface area contributed by atoms with Crippen molar-refractivity contribution in [3.8, 4) is 0 Å². The largest absolute Gasteiger partial charge is 0.330 e. The van der Waals surface area contributed by atoms with Crippen LogP contribution in [0.15, 0.2) is 36.7 Å². The van der Waals surface area contributed by atoms with Gasteiger partial charge in [0.05, 0.1) is 12.1 Å². The second-order valence-corrected chi connectivity index (χ2v) is 5.02. The van der Waals surface area contributed by atoms with Gasteiger partial charge in [0.15, 0.2) is 0 Å². The average molecular weight is 257 g/mol. The molecule has 2 atom stereocenters. The average Bonchev–Trinajstić information content (AvgIpc) is 2.90. The van der Waals surface area contributed by atoms with Gasteiger partial charge in [0.1, 0.15) is 5.82 Å². The first-order valence-electron chi connectivity index (χ1n) is 6.93. The molecule has 102 valence electrons. The third-order valence-electron chi connectivity index (χ3n) is 3.73. The maximum atomic E-state index is 4.42. The first-order valence-corrected chi connectivity index (χ1v) is 6.93. The summed E-state index contributed by atoms with van der Waals surface area (Å²) in [5, 5.41) is 3.43. The van der Waals surface area contributed by atoms with Gasteiger partial charge < -0.3 is 9.88 Å². The lowest BCUT2D eigenvalue weighted by molar-refractivity contribution is 0.392. The second-order valence-electron chi connectivity index (χ2n) is 5.02. The monoisotopic (exact) mass is 257 g/mol. The SMILES string of the molecule is CCc1nccn1C(C)C(NC)c1ccc(C)cc1. The lowest BCUT2D eigenvalue weighted by Gasteiger charge is -2.26. The Balaban J connectivity index is 2.29. The summed E-state index contributed by atoms with van der Waals surface area (Å²) < 4.78 is 2.26. The summed E-state index contributed by atoms with van der Waals surface area (Å²) in [6.07, 6.45) is 4.92. The van der Waals surface area contributed by atoms with Crippen LogP contribution in [0, 0.1) is 6.92 Å². The summed E-state index contributed by atoms with van der Waals surface area (Å²) in [4.78, 5) is 4.42. The Morgan fingerprint density at radius 2 is 1.95 bits per heavy atom. The maximum absolute atomic E-state index is 4.42. The van der Waals surface area contributed by atoms with Gasteiger partial charge in [-0.2, -0.15) is 0 Å². The molecule has 0 fully saturated rings. The number of likely N-dealkylation sites (N-methyl/N-ethyl adjacent to an activating group) is 1. The van der Waals surface area contributed by atoms with Gasteiger partial charge in [0.25, 0.3) is 0 Å². The van der Waals surface area contributed by atoms with Gasteiger partial charge in [-0.1, -0.05) is 36.8 Å². The Labute approximate surface area is 115 Å². The first kappa shape index (κ1) is 13.8. The third kappa shape index (κ3) is 2.87. The smallest absolute Gasteiger partial charge is 0.108 e. The summed E-state index contributed by atoms with van der Waals surface area (Å²) in [7, 11) is 2.02. The minimum atomic E-state index is 0.292. The summed E-state index contributed by atoms with van der Waals surface area (Å²) in [6, 6.07) is 9.37. The zero-order chi connectivity index (χ0) is 13.8. The molecule has 19 heavy (non-hydrogen) atoms. The number of aryl methyl sites for hydroxylation is 2. The molecule has 0 aliphatic carbocycles. The fraction of sp³-hybridized carbons (Fsp3) is 0.438. The van der Waals surface area contributed by atoms with Crippen LogP contribution in [-0.2, 0) is 6.42 Å². The lowest BCUT2D eigenvalue weighted by Crippen LogP contribution is -2.26. The molecule has 1 N–H and O–H groups in total. The van der Waals surface area contributed by atoms with Crippen LogP contribution in [0.5, 0.6) is 0 Å². The normalized spacial score (nSPS) is 14.3. The number of imidazole rings is 1. The van der Waals surface area contributed by atoms with E-state index < -0.39 is 0 Å². The van der Waals surface area contributed by atoms with Gasteiger partial charge in [0.2, 0.25) is 0 Å². The highest BCUT2D eigenvalue weighted by Crippen LogP contribution is 2.27. The Morgan fingerprint density at radius 1 is 1.26 bits per heavy atom. The van der Waals surface area contributed by atoms with Crippen molar-refractivity contribution >= 4 is 0 Å². The zero-order valence-electron chi connectivity index (χ0n) is 12.2. The Morgan fingerprint density at radius 3 is 2.53 bits per heavy atom. The molecule has 0 aliphatic rings. The standard InChI is InChI=1S/C16H23N3/c1-5-15-18-10-11-19(15)13(3)16(17-4)14-8-6-12(2)7-9-14/h6-11,13,16-17H,5H2,1-4H3. The lowest BCUT2D eigenvalue weighted by atomic mass is 9.99. The van der Waals surface area contributed by atoms with E-state index in [-0.39, 0.29) is 0 Å². The molecule has 0 bridgehead atoms. The zero-order valence-corrected chi connectivity index (χ0v) is 12.2. The molecule has 2 unspecified atom stereocenters. The molecule has 1 aromatic carbocycles. The predicted octanol–water partition coefficient (Wildman–Crippen LogP) is 3.28. The Kier molecular flexibility index (Phi) is 4.38. The number of hydrogen-bond donors (Lipinski definition) is 1. The van der Waals surface area contributed by atoms with Crippen LogP contribution in [0.25, 0.3) is 0 Å². The fourth-order valence-corrected chi connectivity index (χ4v) is 2.61. The number of aromatic nitrogens is 2. The number of nitrogens with zero attached hydrogens (tertiary/aromatic N) is 2. The van der Waals surface area contributed by atoms with Crippen LogP contribution in [0.3, 0.4) is 0 Å². The maximum Gasteiger partial charge on any atom is 0.108 e. The summed E-state index contributed by atoms with van der Waals surface area (Å²) in [6.45, 7) is 6.50. The van der Waals surface area contributed by atoms with Crippen LogP contribution < -0.4 is 5.32 Å². The number of hydrogen-bond acceptors (Lipinski definition) is 2. The topological polar surface area (TPSA) is 29.9 Å². The van der Waals surface area contributed by atoms with Crippen molar-refractivity contribution in [3.63, 3.8) is 0 Å². The molecule has 3 nitrogen and oxygen atoms in total. The number of nitrogens with one attached hydrogen (secondary N) is 1. The quantitative estimate of drug-likeness (QED) is 0.891. The molecule has 0 radical (unpaired) electrons. The van der Waals surface area contributed by atoms with Gasteiger partial charge >= 0.3 is 0 Å². The minimum Gasteiger partial charge on any atom is -0.330 e. The molecular weight excluding hydrogens is 234 g/mol. The van der Waals surface area contributed by atoms with Crippen molar-refractivity contribution in [2.24, 2.45) is 0 Å². The van der Waals surface area contributed by atoms with Gasteiger partial charge in [-0.15, -0.1) is 0 Å². The molecule has 1 heterocycles. The van der Waals surface area contributed by atoms with Crippen molar-refractivity contribution in [3.05, 3.63) is 53.6 Å². The molecule has 2 aromatic rings. The second kappa shape index (κ2) is 6.02. The fourth-order valence-electron chi connectivity index (χ4n) is 2.61. The van der Waals surface area contributed by atoms with Crippen molar-refractivity contribution in [2.45, 2.75) is 39.3 Å². The highest BCUT2D eigenvalue weighted by Gasteiger charge is 2.20. The van der Waals surface area contributed by atoms with Crippen molar-refractivity contribution in [1.82, 2.24) is 14.9 Å². The summed E-state index contributed by atoms with van der Waals surface area (Å²) in [5.41, 5.74) is 2.61. The molecular formula is C16H23N3. The van der Waals surface area contributed by atoms with E-state index in [9.17, 15) is 0 Å². The van der Waals surface area contributed by atoms with Crippen molar-refractivity contribution in [2.75, 3.05) is 7.05 Å². The van der Waals surface area contributed by atoms with Crippen molar-refractivity contribution in [1.29, 1.82) is 0 Å². The highest BCUT2D eigenvalue weighted by molar-refractivity contribution is 5.25. The van der Waals surface area contributed by atoms with Crippen LogP contribution >= 0.6 is 0 Å². The van der Waals surface area contributed by atoms with E-state index in [1.54, 1.807) is 0 Å². The number of rotatable bonds is 5. The van der Waals surface area contributed by atoms with Crippen LogP contribution in [-0.4, -0.2) is 16.6 Å². The highest BCUT2D eigenvalue weighted by atomic mass is 15.1. The van der Waals surface area contributed by atoms with E-state index in [1.807, 2.05) is 13.2 Å². The van der Waals surface area contributed by atoms with Crippen LogP contribution in [0.1, 0.15) is 42.9 Å². The molecule has 0 saturated carbocycles. The van der Waals surface area contributed by atoms with Gasteiger partial charge in [-0.05, 0) is 26.5 Å².